The minimum absolute atomic E-state index is 0.0447. The van der Waals surface area contributed by atoms with Crippen molar-refractivity contribution in [3.8, 4) is 0 Å². The van der Waals surface area contributed by atoms with Gasteiger partial charge in [-0.2, -0.15) is 0 Å². The lowest BCUT2D eigenvalue weighted by atomic mass is 10.0. The number of anilines is 2. The molecule has 0 unspecified atom stereocenters. The van der Waals surface area contributed by atoms with Crippen molar-refractivity contribution in [2.24, 2.45) is 0 Å². The third-order valence-electron chi connectivity index (χ3n) is 3.07. The summed E-state index contributed by atoms with van der Waals surface area (Å²) in [6.07, 6.45) is 0.510. The number of methoxy groups -OCH3 is 2. The van der Waals surface area contributed by atoms with Crippen LogP contribution in [0.2, 0.25) is 0 Å². The summed E-state index contributed by atoms with van der Waals surface area (Å²) in [5, 5.41) is 5.64. The van der Waals surface area contributed by atoms with Gasteiger partial charge in [0.05, 0.1) is 12.2 Å². The first-order valence-electron chi connectivity index (χ1n) is 6.05. The Labute approximate surface area is 111 Å². The number of carbonyl (C=O) groups excluding carboxylic acids is 1. The Bertz CT molecular complexity index is 475. The van der Waals surface area contributed by atoms with Gasteiger partial charge in [0.25, 0.3) is 0 Å². The van der Waals surface area contributed by atoms with Crippen LogP contribution in [0, 0.1) is 5.82 Å². The predicted octanol–water partition coefficient (Wildman–Crippen LogP) is 1.74. The monoisotopic (exact) mass is 268 g/mol. The highest BCUT2D eigenvalue weighted by Gasteiger charge is 2.18. The lowest BCUT2D eigenvalue weighted by molar-refractivity contribution is -0.116. The molecule has 104 valence electrons. The van der Waals surface area contributed by atoms with E-state index in [1.165, 1.54) is 20.3 Å². The molecule has 0 bridgehead atoms. The zero-order chi connectivity index (χ0) is 13.8. The second-order valence-corrected chi connectivity index (χ2v) is 4.32. The molecule has 0 spiro atoms. The van der Waals surface area contributed by atoms with Gasteiger partial charge in [0, 0.05) is 26.3 Å². The summed E-state index contributed by atoms with van der Waals surface area (Å²) >= 11 is 0. The van der Waals surface area contributed by atoms with E-state index < -0.39 is 6.29 Å². The van der Waals surface area contributed by atoms with Crippen LogP contribution in [0.25, 0.3) is 0 Å². The molecule has 0 fully saturated rings. The first kappa shape index (κ1) is 13.8. The quantitative estimate of drug-likeness (QED) is 0.799. The highest BCUT2D eigenvalue weighted by atomic mass is 19.1. The third-order valence-corrected chi connectivity index (χ3v) is 3.07. The fourth-order valence-electron chi connectivity index (χ4n) is 1.99. The number of hydrogen-bond acceptors (Lipinski definition) is 4. The fraction of sp³-hybridized carbons (Fsp3) is 0.462. The first-order valence-corrected chi connectivity index (χ1v) is 6.05. The summed E-state index contributed by atoms with van der Waals surface area (Å²) in [6, 6.07) is 3.05. The molecule has 1 aromatic rings. The zero-order valence-corrected chi connectivity index (χ0v) is 11.0. The standard InChI is InChI=1S/C13H17FN2O3/c1-18-13(19-2)7-15-11-6-10-8(5-9(11)14)3-4-12(17)16-10/h5-6,13,15H,3-4,7H2,1-2H3,(H,16,17). The lowest BCUT2D eigenvalue weighted by Crippen LogP contribution is -2.24. The van der Waals surface area contributed by atoms with E-state index in [-0.39, 0.29) is 11.7 Å². The lowest BCUT2D eigenvalue weighted by Gasteiger charge is -2.20. The first-order chi connectivity index (χ1) is 9.13. The molecule has 1 aromatic carbocycles. The van der Waals surface area contributed by atoms with Crippen molar-refractivity contribution in [3.63, 3.8) is 0 Å². The van der Waals surface area contributed by atoms with Gasteiger partial charge in [-0.15, -0.1) is 0 Å². The van der Waals surface area contributed by atoms with Crippen molar-refractivity contribution in [2.75, 3.05) is 31.4 Å². The van der Waals surface area contributed by atoms with Gasteiger partial charge in [0.2, 0.25) is 5.91 Å². The average Bonchev–Trinajstić information content (AvgIpc) is 2.40. The van der Waals surface area contributed by atoms with Crippen molar-refractivity contribution < 1.29 is 18.7 Å². The molecule has 19 heavy (non-hydrogen) atoms. The summed E-state index contributed by atoms with van der Waals surface area (Å²) < 4.78 is 23.9. The summed E-state index contributed by atoms with van der Waals surface area (Å²) in [4.78, 5) is 11.3. The largest absolute Gasteiger partial charge is 0.378 e. The minimum Gasteiger partial charge on any atom is -0.378 e. The Kier molecular flexibility index (Phi) is 4.34. The number of amides is 1. The van der Waals surface area contributed by atoms with Gasteiger partial charge in [-0.25, -0.2) is 4.39 Å². The van der Waals surface area contributed by atoms with Crippen LogP contribution in [-0.4, -0.2) is 33.0 Å². The predicted molar refractivity (Wildman–Crippen MR) is 69.6 cm³/mol. The number of halogens is 1. The van der Waals surface area contributed by atoms with Gasteiger partial charge < -0.3 is 20.1 Å². The van der Waals surface area contributed by atoms with Gasteiger partial charge in [0.1, 0.15) is 5.82 Å². The van der Waals surface area contributed by atoms with Crippen molar-refractivity contribution >= 4 is 17.3 Å². The van der Waals surface area contributed by atoms with E-state index in [0.717, 1.165) is 5.56 Å². The number of carbonyl (C=O) groups is 1. The molecule has 1 aliphatic rings. The smallest absolute Gasteiger partial charge is 0.224 e. The summed E-state index contributed by atoms with van der Waals surface area (Å²) in [5.74, 6) is -0.391. The van der Waals surface area contributed by atoms with E-state index in [4.69, 9.17) is 9.47 Å². The van der Waals surface area contributed by atoms with Gasteiger partial charge in [-0.05, 0) is 24.1 Å². The van der Waals surface area contributed by atoms with E-state index in [1.807, 2.05) is 0 Å². The Morgan fingerprint density at radius 2 is 2.11 bits per heavy atom. The normalized spacial score (nSPS) is 14.2. The summed E-state index contributed by atoms with van der Waals surface area (Å²) in [7, 11) is 3.03. The van der Waals surface area contributed by atoms with Crippen LogP contribution in [0.15, 0.2) is 12.1 Å². The highest BCUT2D eigenvalue weighted by molar-refractivity contribution is 5.94. The van der Waals surface area contributed by atoms with E-state index in [1.54, 1.807) is 6.07 Å². The fourth-order valence-corrected chi connectivity index (χ4v) is 1.99. The maximum atomic E-state index is 13.9. The van der Waals surface area contributed by atoms with E-state index in [0.29, 0.717) is 30.8 Å². The van der Waals surface area contributed by atoms with Gasteiger partial charge in [-0.1, -0.05) is 0 Å². The molecular formula is C13H17FN2O3. The van der Waals surface area contributed by atoms with Crippen LogP contribution in [0.3, 0.4) is 0 Å². The zero-order valence-electron chi connectivity index (χ0n) is 11.0. The molecule has 0 aromatic heterocycles. The van der Waals surface area contributed by atoms with E-state index in [2.05, 4.69) is 10.6 Å². The van der Waals surface area contributed by atoms with Gasteiger partial charge >= 0.3 is 0 Å². The Morgan fingerprint density at radius 1 is 1.37 bits per heavy atom. The number of hydrogen-bond donors (Lipinski definition) is 2. The molecule has 0 saturated heterocycles. The molecule has 5 nitrogen and oxygen atoms in total. The summed E-state index contributed by atoms with van der Waals surface area (Å²) in [6.45, 7) is 0.316. The molecular weight excluding hydrogens is 251 g/mol. The van der Waals surface area contributed by atoms with Gasteiger partial charge in [0.15, 0.2) is 6.29 Å². The number of aryl methyl sites for hydroxylation is 1. The molecule has 0 radical (unpaired) electrons. The van der Waals surface area contributed by atoms with Crippen molar-refractivity contribution in [3.05, 3.63) is 23.5 Å². The van der Waals surface area contributed by atoms with Gasteiger partial charge in [-0.3, -0.25) is 4.79 Å². The molecule has 1 amide bonds. The molecule has 1 heterocycles. The van der Waals surface area contributed by atoms with Crippen LogP contribution in [0.4, 0.5) is 15.8 Å². The Hall–Kier alpha value is -1.66. The molecule has 6 heteroatoms. The van der Waals surface area contributed by atoms with Crippen molar-refractivity contribution in [1.82, 2.24) is 0 Å². The van der Waals surface area contributed by atoms with Crippen molar-refractivity contribution in [1.29, 1.82) is 0 Å². The van der Waals surface area contributed by atoms with E-state index in [9.17, 15) is 9.18 Å². The second kappa shape index (κ2) is 5.99. The SMILES string of the molecule is COC(CNc1cc2c(cc1F)CCC(=O)N2)OC. The molecule has 0 atom stereocenters. The number of benzene rings is 1. The average molecular weight is 268 g/mol. The van der Waals surface area contributed by atoms with Crippen molar-refractivity contribution in [2.45, 2.75) is 19.1 Å². The maximum Gasteiger partial charge on any atom is 0.224 e. The number of rotatable bonds is 5. The van der Waals surface area contributed by atoms with E-state index >= 15 is 0 Å². The third kappa shape index (κ3) is 3.21. The van der Waals surface area contributed by atoms with Crippen LogP contribution in [0.5, 0.6) is 0 Å². The molecule has 0 saturated carbocycles. The topological polar surface area (TPSA) is 59.6 Å². The van der Waals surface area contributed by atoms with Crippen LogP contribution in [0.1, 0.15) is 12.0 Å². The highest BCUT2D eigenvalue weighted by Crippen LogP contribution is 2.28. The minimum atomic E-state index is -0.454. The maximum absolute atomic E-state index is 13.9. The number of nitrogens with one attached hydrogen (secondary N) is 2. The van der Waals surface area contributed by atoms with Crippen LogP contribution in [-0.2, 0) is 20.7 Å². The molecule has 1 aliphatic heterocycles. The van der Waals surface area contributed by atoms with Crippen LogP contribution < -0.4 is 10.6 Å². The summed E-state index contributed by atoms with van der Waals surface area (Å²) in [5.41, 5.74) is 1.80. The Morgan fingerprint density at radius 3 is 2.79 bits per heavy atom. The van der Waals surface area contributed by atoms with Crippen LogP contribution >= 0.6 is 0 Å². The second-order valence-electron chi connectivity index (χ2n) is 4.32. The number of ether oxygens (including phenoxy) is 2. The molecule has 2 N–H and O–H groups in total. The molecule has 2 rings (SSSR count). The molecule has 0 aliphatic carbocycles. The Balaban J connectivity index is 2.13. The number of fused-ring (bicyclic) bond motifs is 1.